The molecule has 33 heavy (non-hydrogen) atoms. The van der Waals surface area contributed by atoms with Crippen molar-refractivity contribution in [1.82, 2.24) is 5.43 Å². The van der Waals surface area contributed by atoms with E-state index in [2.05, 4.69) is 10.5 Å². The van der Waals surface area contributed by atoms with Gasteiger partial charge in [0, 0.05) is 17.2 Å². The quantitative estimate of drug-likeness (QED) is 0.191. The second kappa shape index (κ2) is 9.73. The van der Waals surface area contributed by atoms with Gasteiger partial charge in [-0.15, -0.1) is 0 Å². The maximum Gasteiger partial charge on any atom is 0.416 e. The molecule has 0 aromatic heterocycles. The predicted molar refractivity (Wildman–Crippen MR) is 111 cm³/mol. The van der Waals surface area contributed by atoms with E-state index in [0.717, 1.165) is 30.5 Å². The van der Waals surface area contributed by atoms with Crippen LogP contribution in [0.1, 0.15) is 31.8 Å². The summed E-state index contributed by atoms with van der Waals surface area (Å²) in [6.07, 6.45) is -3.67. The van der Waals surface area contributed by atoms with Crippen LogP contribution in [0.15, 0.2) is 77.9 Å². The van der Waals surface area contributed by atoms with Crippen LogP contribution in [0.25, 0.3) is 0 Å². The van der Waals surface area contributed by atoms with Gasteiger partial charge in [0.25, 0.3) is 5.91 Å². The highest BCUT2D eigenvalue weighted by Gasteiger charge is 2.31. The maximum atomic E-state index is 12.9. The Labute approximate surface area is 184 Å². The fourth-order valence-electron chi connectivity index (χ4n) is 2.69. The molecule has 0 aliphatic heterocycles. The van der Waals surface area contributed by atoms with Gasteiger partial charge in [-0.05, 0) is 36.4 Å². The molecule has 8 nitrogen and oxygen atoms in total. The SMILES string of the molecule is O=C(N/N=C/c1cccc([N+](=O)[O-])c1OC(=O)c1cccc(C(F)(F)F)c1)c1ccccc1. The molecule has 0 saturated carbocycles. The summed E-state index contributed by atoms with van der Waals surface area (Å²) in [7, 11) is 0. The van der Waals surface area contributed by atoms with E-state index in [1.165, 1.54) is 12.1 Å². The summed E-state index contributed by atoms with van der Waals surface area (Å²) in [6.45, 7) is 0. The molecule has 0 bridgehead atoms. The Morgan fingerprint density at radius 2 is 1.64 bits per heavy atom. The van der Waals surface area contributed by atoms with E-state index in [4.69, 9.17) is 4.74 Å². The summed E-state index contributed by atoms with van der Waals surface area (Å²) in [5, 5.41) is 15.1. The number of nitro benzene ring substituents is 1. The minimum atomic E-state index is -4.69. The van der Waals surface area contributed by atoms with Crippen molar-refractivity contribution in [2.45, 2.75) is 6.18 Å². The highest BCUT2D eigenvalue weighted by atomic mass is 19.4. The zero-order valence-corrected chi connectivity index (χ0v) is 16.6. The molecular weight excluding hydrogens is 443 g/mol. The summed E-state index contributed by atoms with van der Waals surface area (Å²) >= 11 is 0. The van der Waals surface area contributed by atoms with Crippen molar-refractivity contribution < 1.29 is 32.4 Å². The number of carbonyl (C=O) groups is 2. The molecule has 0 saturated heterocycles. The van der Waals surface area contributed by atoms with Gasteiger partial charge in [0.15, 0.2) is 0 Å². The number of amides is 1. The minimum absolute atomic E-state index is 0.0575. The minimum Gasteiger partial charge on any atom is -0.415 e. The van der Waals surface area contributed by atoms with Crippen molar-refractivity contribution in [3.63, 3.8) is 0 Å². The van der Waals surface area contributed by atoms with Gasteiger partial charge in [0.2, 0.25) is 5.75 Å². The second-order valence-electron chi connectivity index (χ2n) is 6.49. The molecule has 3 rings (SSSR count). The number of ether oxygens (including phenoxy) is 1. The molecule has 3 aromatic carbocycles. The van der Waals surface area contributed by atoms with Crippen LogP contribution in [0.5, 0.6) is 5.75 Å². The first-order valence-corrected chi connectivity index (χ1v) is 9.22. The second-order valence-corrected chi connectivity index (χ2v) is 6.49. The third-order valence-electron chi connectivity index (χ3n) is 4.25. The maximum absolute atomic E-state index is 12.9. The molecule has 3 aromatic rings. The van der Waals surface area contributed by atoms with E-state index >= 15 is 0 Å². The van der Waals surface area contributed by atoms with Gasteiger partial charge in [-0.1, -0.05) is 30.3 Å². The monoisotopic (exact) mass is 457 g/mol. The van der Waals surface area contributed by atoms with E-state index in [0.29, 0.717) is 11.6 Å². The van der Waals surface area contributed by atoms with Crippen LogP contribution >= 0.6 is 0 Å². The number of rotatable bonds is 6. The zero-order chi connectivity index (χ0) is 24.0. The first-order valence-electron chi connectivity index (χ1n) is 9.22. The first-order chi connectivity index (χ1) is 15.7. The lowest BCUT2D eigenvalue weighted by Gasteiger charge is -2.10. The zero-order valence-electron chi connectivity index (χ0n) is 16.6. The summed E-state index contributed by atoms with van der Waals surface area (Å²) in [6, 6.07) is 15.2. The summed E-state index contributed by atoms with van der Waals surface area (Å²) in [5.74, 6) is -2.33. The van der Waals surface area contributed by atoms with Gasteiger partial charge >= 0.3 is 17.8 Å². The van der Waals surface area contributed by atoms with Crippen molar-refractivity contribution in [1.29, 1.82) is 0 Å². The highest BCUT2D eigenvalue weighted by Crippen LogP contribution is 2.32. The van der Waals surface area contributed by atoms with Crippen LogP contribution in [0.2, 0.25) is 0 Å². The average Bonchev–Trinajstić information content (AvgIpc) is 2.79. The molecule has 0 heterocycles. The van der Waals surface area contributed by atoms with Crippen LogP contribution in [0.4, 0.5) is 18.9 Å². The number of nitrogens with zero attached hydrogens (tertiary/aromatic N) is 2. The van der Waals surface area contributed by atoms with Crippen molar-refractivity contribution >= 4 is 23.8 Å². The third kappa shape index (κ3) is 5.79. The van der Waals surface area contributed by atoms with Gasteiger partial charge in [0.05, 0.1) is 22.3 Å². The number of hydrogen-bond donors (Lipinski definition) is 1. The highest BCUT2D eigenvalue weighted by molar-refractivity contribution is 5.96. The predicted octanol–water partition coefficient (Wildman–Crippen LogP) is 4.60. The van der Waals surface area contributed by atoms with Crippen molar-refractivity contribution in [3.8, 4) is 5.75 Å². The molecule has 0 aliphatic carbocycles. The van der Waals surface area contributed by atoms with Crippen molar-refractivity contribution in [2.75, 3.05) is 0 Å². The number of benzene rings is 3. The fourth-order valence-corrected chi connectivity index (χ4v) is 2.69. The summed E-state index contributed by atoms with van der Waals surface area (Å²) in [5.41, 5.74) is 0.329. The Balaban J connectivity index is 1.87. The van der Waals surface area contributed by atoms with E-state index in [-0.39, 0.29) is 5.56 Å². The Morgan fingerprint density at radius 1 is 0.970 bits per heavy atom. The fraction of sp³-hybridized carbons (Fsp3) is 0.0455. The third-order valence-corrected chi connectivity index (χ3v) is 4.25. The van der Waals surface area contributed by atoms with Crippen LogP contribution < -0.4 is 10.2 Å². The lowest BCUT2D eigenvalue weighted by Crippen LogP contribution is -2.17. The van der Waals surface area contributed by atoms with Crippen molar-refractivity contribution in [3.05, 3.63) is 105 Å². The van der Waals surface area contributed by atoms with E-state index in [1.54, 1.807) is 30.3 Å². The number of nitrogens with one attached hydrogen (secondary N) is 1. The van der Waals surface area contributed by atoms with E-state index in [9.17, 15) is 32.9 Å². The number of hydrogen-bond acceptors (Lipinski definition) is 6. The topological polar surface area (TPSA) is 111 Å². The lowest BCUT2D eigenvalue weighted by molar-refractivity contribution is -0.385. The Morgan fingerprint density at radius 3 is 2.30 bits per heavy atom. The molecular formula is C22H14F3N3O5. The van der Waals surface area contributed by atoms with Gasteiger partial charge in [0.1, 0.15) is 0 Å². The smallest absolute Gasteiger partial charge is 0.415 e. The number of alkyl halides is 3. The van der Waals surface area contributed by atoms with E-state index < -0.39 is 45.5 Å². The van der Waals surface area contributed by atoms with Gasteiger partial charge in [-0.2, -0.15) is 18.3 Å². The number of nitro groups is 1. The molecule has 0 radical (unpaired) electrons. The van der Waals surface area contributed by atoms with Crippen LogP contribution in [-0.2, 0) is 6.18 Å². The standard InChI is InChI=1S/C22H14F3N3O5/c23-22(24,25)17-10-4-8-15(12-17)21(30)33-19-16(9-5-11-18(19)28(31)32)13-26-27-20(29)14-6-2-1-3-7-14/h1-13H,(H,27,29)/b26-13+. The Hall–Kier alpha value is -4.54. The number of para-hydroxylation sites is 1. The average molecular weight is 457 g/mol. The number of esters is 1. The lowest BCUT2D eigenvalue weighted by atomic mass is 10.1. The molecule has 0 spiro atoms. The Bertz CT molecular complexity index is 1230. The molecule has 0 aliphatic rings. The van der Waals surface area contributed by atoms with Gasteiger partial charge in [-0.25, -0.2) is 10.2 Å². The number of halogens is 3. The first kappa shape index (κ1) is 23.1. The van der Waals surface area contributed by atoms with E-state index in [1.807, 2.05) is 0 Å². The van der Waals surface area contributed by atoms with Crippen LogP contribution in [0, 0.1) is 10.1 Å². The van der Waals surface area contributed by atoms with Crippen LogP contribution in [-0.4, -0.2) is 23.0 Å². The molecule has 0 fully saturated rings. The molecule has 1 amide bonds. The molecule has 168 valence electrons. The van der Waals surface area contributed by atoms with Gasteiger partial charge < -0.3 is 4.74 Å². The number of carbonyl (C=O) groups excluding carboxylic acids is 2. The summed E-state index contributed by atoms with van der Waals surface area (Å²) < 4.78 is 43.9. The van der Waals surface area contributed by atoms with Crippen molar-refractivity contribution in [2.24, 2.45) is 5.10 Å². The molecule has 0 unspecified atom stereocenters. The largest absolute Gasteiger partial charge is 0.416 e. The van der Waals surface area contributed by atoms with Crippen LogP contribution in [0.3, 0.4) is 0 Å². The summed E-state index contributed by atoms with van der Waals surface area (Å²) in [4.78, 5) is 35.1. The molecule has 1 N–H and O–H groups in total. The molecule has 11 heteroatoms. The Kier molecular flexibility index (Phi) is 6.82. The molecule has 0 atom stereocenters. The van der Waals surface area contributed by atoms with Gasteiger partial charge in [-0.3, -0.25) is 14.9 Å². The normalized spacial score (nSPS) is 11.2. The number of hydrazone groups is 1.